The average molecular weight is 480 g/mol. The average Bonchev–Trinajstić information content (AvgIpc) is 2.99. The third-order valence-electron chi connectivity index (χ3n) is 7.37. The minimum absolute atomic E-state index is 0.0672. The number of halogens is 1. The van der Waals surface area contributed by atoms with E-state index < -0.39 is 12.1 Å². The van der Waals surface area contributed by atoms with Gasteiger partial charge in [-0.05, 0) is 61.8 Å². The van der Waals surface area contributed by atoms with Crippen LogP contribution in [0.1, 0.15) is 70.1 Å². The Balaban J connectivity index is 1.89. The molecule has 3 aliphatic rings. The standard InChI is InChI=1S/C29H34FNO4/c1-7-18-12-24(31-25-13-23(30)17(5)19-9-8-10-20(18)26(19)25)16(4)11-21-22(27(32)15(2)3)14-35-29(33)28(21)34-6/h11,13,15,28H,7-10,12,14H2,1-6H3/b16-11+. The van der Waals surface area contributed by atoms with Crippen LogP contribution in [0.15, 0.2) is 39.4 Å². The molecule has 0 N–H and O–H groups in total. The van der Waals surface area contributed by atoms with Crippen LogP contribution in [0.3, 0.4) is 0 Å². The van der Waals surface area contributed by atoms with Gasteiger partial charge in [0, 0.05) is 47.9 Å². The van der Waals surface area contributed by atoms with Crippen molar-refractivity contribution in [2.24, 2.45) is 10.9 Å². The minimum Gasteiger partial charge on any atom is -0.458 e. The molecule has 2 heterocycles. The Morgan fingerprint density at radius 3 is 2.74 bits per heavy atom. The van der Waals surface area contributed by atoms with Crippen molar-refractivity contribution < 1.29 is 23.5 Å². The third kappa shape index (κ3) is 4.56. The van der Waals surface area contributed by atoms with E-state index in [-0.39, 0.29) is 24.1 Å². The highest BCUT2D eigenvalue weighted by Crippen LogP contribution is 2.45. The van der Waals surface area contributed by atoms with Gasteiger partial charge < -0.3 is 9.47 Å². The molecule has 1 atom stereocenters. The largest absolute Gasteiger partial charge is 0.458 e. The normalized spacial score (nSPS) is 20.6. The van der Waals surface area contributed by atoms with Crippen molar-refractivity contribution >= 4 is 28.7 Å². The molecule has 2 aliphatic heterocycles. The highest BCUT2D eigenvalue weighted by molar-refractivity contribution is 6.07. The summed E-state index contributed by atoms with van der Waals surface area (Å²) in [6, 6.07) is 1.55. The molecule has 0 amide bonds. The lowest BCUT2D eigenvalue weighted by molar-refractivity contribution is -0.153. The van der Waals surface area contributed by atoms with Crippen LogP contribution in [0.2, 0.25) is 0 Å². The first-order valence-corrected chi connectivity index (χ1v) is 12.4. The molecule has 0 bridgehead atoms. The van der Waals surface area contributed by atoms with E-state index >= 15 is 0 Å². The van der Waals surface area contributed by atoms with Gasteiger partial charge in [-0.1, -0.05) is 32.4 Å². The molecule has 0 fully saturated rings. The number of carbonyl (C=O) groups excluding carboxylic acids is 2. The van der Waals surface area contributed by atoms with Crippen molar-refractivity contribution in [1.29, 1.82) is 0 Å². The summed E-state index contributed by atoms with van der Waals surface area (Å²) in [5.74, 6) is -1.05. The molecule has 0 saturated carbocycles. The first-order chi connectivity index (χ1) is 16.7. The van der Waals surface area contributed by atoms with Gasteiger partial charge >= 0.3 is 5.97 Å². The van der Waals surface area contributed by atoms with E-state index in [0.29, 0.717) is 28.8 Å². The number of allylic oxidation sites excluding steroid dienone is 3. The molecule has 186 valence electrons. The number of hydrogen-bond donors (Lipinski definition) is 0. The molecule has 6 heteroatoms. The monoisotopic (exact) mass is 479 g/mol. The van der Waals surface area contributed by atoms with Crippen LogP contribution >= 0.6 is 0 Å². The molecule has 35 heavy (non-hydrogen) atoms. The molecule has 1 aromatic rings. The molecule has 4 rings (SSSR count). The van der Waals surface area contributed by atoms with E-state index in [1.165, 1.54) is 18.3 Å². The van der Waals surface area contributed by atoms with E-state index in [1.807, 2.05) is 33.8 Å². The summed E-state index contributed by atoms with van der Waals surface area (Å²) >= 11 is 0. The van der Waals surface area contributed by atoms with E-state index in [4.69, 9.17) is 14.5 Å². The Morgan fingerprint density at radius 1 is 1.34 bits per heavy atom. The zero-order valence-corrected chi connectivity index (χ0v) is 21.5. The number of aliphatic imine (C=N–C) groups is 1. The number of hydrogen-bond acceptors (Lipinski definition) is 5. The second-order valence-corrected chi connectivity index (χ2v) is 9.88. The number of esters is 1. The van der Waals surface area contributed by atoms with Crippen molar-refractivity contribution in [3.05, 3.63) is 56.9 Å². The van der Waals surface area contributed by atoms with Gasteiger partial charge in [0.2, 0.25) is 0 Å². The summed E-state index contributed by atoms with van der Waals surface area (Å²) in [6.07, 6.45) is 5.22. The smallest absolute Gasteiger partial charge is 0.340 e. The molecule has 0 radical (unpaired) electrons. The van der Waals surface area contributed by atoms with Crippen molar-refractivity contribution in [3.8, 4) is 0 Å². The second kappa shape index (κ2) is 10.0. The maximum atomic E-state index is 14.9. The zero-order valence-electron chi connectivity index (χ0n) is 21.5. The Kier molecular flexibility index (Phi) is 7.22. The van der Waals surface area contributed by atoms with Crippen molar-refractivity contribution in [1.82, 2.24) is 0 Å². The lowest BCUT2D eigenvalue weighted by atomic mass is 9.80. The summed E-state index contributed by atoms with van der Waals surface area (Å²) in [6.45, 7) is 9.51. The molecule has 5 nitrogen and oxygen atoms in total. The van der Waals surface area contributed by atoms with Gasteiger partial charge in [0.05, 0.1) is 5.69 Å². The maximum Gasteiger partial charge on any atom is 0.340 e. The van der Waals surface area contributed by atoms with Crippen LogP contribution in [0, 0.1) is 18.7 Å². The number of Topliss-reactive ketones (excluding diaryl/α,β-unsaturated/α-hetero) is 1. The van der Waals surface area contributed by atoms with E-state index in [2.05, 4.69) is 6.92 Å². The fourth-order valence-corrected chi connectivity index (χ4v) is 5.36. The maximum absolute atomic E-state index is 14.9. The summed E-state index contributed by atoms with van der Waals surface area (Å²) in [5.41, 5.74) is 8.77. The van der Waals surface area contributed by atoms with Gasteiger partial charge in [0.25, 0.3) is 0 Å². The van der Waals surface area contributed by atoms with Crippen LogP contribution < -0.4 is 0 Å². The number of rotatable bonds is 6. The topological polar surface area (TPSA) is 65.0 Å². The second-order valence-electron chi connectivity index (χ2n) is 9.88. The number of benzene rings is 1. The molecule has 1 aliphatic carbocycles. The summed E-state index contributed by atoms with van der Waals surface area (Å²) in [4.78, 5) is 30.4. The molecule has 0 saturated heterocycles. The van der Waals surface area contributed by atoms with Crippen LogP contribution in [-0.2, 0) is 25.5 Å². The number of ketones is 1. The molecule has 0 spiro atoms. The van der Waals surface area contributed by atoms with Gasteiger partial charge in [-0.3, -0.25) is 9.79 Å². The zero-order chi connectivity index (χ0) is 25.4. The van der Waals surface area contributed by atoms with E-state index in [9.17, 15) is 14.0 Å². The Labute approximate surface area is 206 Å². The van der Waals surface area contributed by atoms with Gasteiger partial charge in [-0.2, -0.15) is 0 Å². The van der Waals surface area contributed by atoms with Gasteiger partial charge in [-0.25, -0.2) is 9.18 Å². The lowest BCUT2D eigenvalue weighted by Gasteiger charge is -2.26. The van der Waals surface area contributed by atoms with Crippen LogP contribution in [0.5, 0.6) is 0 Å². The molecule has 0 aromatic heterocycles. The first kappa shape index (κ1) is 25.2. The van der Waals surface area contributed by atoms with E-state index in [1.54, 1.807) is 6.07 Å². The van der Waals surface area contributed by atoms with Gasteiger partial charge in [0.15, 0.2) is 11.9 Å². The van der Waals surface area contributed by atoms with Crippen molar-refractivity contribution in [2.45, 2.75) is 72.8 Å². The van der Waals surface area contributed by atoms with Crippen molar-refractivity contribution in [2.75, 3.05) is 13.7 Å². The Hall–Kier alpha value is -2.86. The predicted octanol–water partition coefficient (Wildman–Crippen LogP) is 6.15. The highest BCUT2D eigenvalue weighted by atomic mass is 19.1. The molecule has 1 aromatic carbocycles. The molecule has 1 unspecified atom stereocenters. The number of ether oxygens (including phenoxy) is 2. The Morgan fingerprint density at radius 2 is 2.09 bits per heavy atom. The number of methoxy groups -OCH3 is 1. The summed E-state index contributed by atoms with van der Waals surface area (Å²) in [5, 5.41) is 0. The number of cyclic esters (lactones) is 1. The van der Waals surface area contributed by atoms with Crippen LogP contribution in [-0.4, -0.2) is 37.3 Å². The lowest BCUT2D eigenvalue weighted by Crippen LogP contribution is -2.36. The van der Waals surface area contributed by atoms with Gasteiger partial charge in [-0.15, -0.1) is 0 Å². The number of nitrogens with zero attached hydrogens (tertiary/aromatic N) is 1. The van der Waals surface area contributed by atoms with Crippen LogP contribution in [0.4, 0.5) is 10.1 Å². The molecular weight excluding hydrogens is 445 g/mol. The van der Waals surface area contributed by atoms with Crippen molar-refractivity contribution in [3.63, 3.8) is 0 Å². The van der Waals surface area contributed by atoms with Gasteiger partial charge in [0.1, 0.15) is 12.4 Å². The quantitative estimate of drug-likeness (QED) is 0.459. The summed E-state index contributed by atoms with van der Waals surface area (Å²) in [7, 11) is 1.43. The highest BCUT2D eigenvalue weighted by Gasteiger charge is 2.34. The minimum atomic E-state index is -0.972. The SMILES string of the molecule is CCC1=C2CCCc3c(C)c(F)cc(c32)N=C(/C(C)=C/C2=C(C(=O)C(C)C)COC(=O)C2OC)C1. The van der Waals surface area contributed by atoms with Crippen LogP contribution in [0.25, 0.3) is 5.57 Å². The fourth-order valence-electron chi connectivity index (χ4n) is 5.36. The number of carbonyl (C=O) groups is 2. The fraction of sp³-hybridized carbons (Fsp3) is 0.483. The Bertz CT molecular complexity index is 1220. The predicted molar refractivity (Wildman–Crippen MR) is 135 cm³/mol. The summed E-state index contributed by atoms with van der Waals surface area (Å²) < 4.78 is 25.6. The van der Waals surface area contributed by atoms with E-state index in [0.717, 1.165) is 48.1 Å². The molecular formula is C29H34FNO4. The first-order valence-electron chi connectivity index (χ1n) is 12.4. The third-order valence-corrected chi connectivity index (χ3v) is 7.37.